The fourth-order valence-electron chi connectivity index (χ4n) is 5.08. The zero-order valence-corrected chi connectivity index (χ0v) is 22.2. The van der Waals surface area contributed by atoms with Crippen molar-refractivity contribution in [2.24, 2.45) is 14.1 Å². The molecule has 1 saturated heterocycles. The minimum atomic E-state index is -0.367. The van der Waals surface area contributed by atoms with Crippen LogP contribution in [-0.2, 0) is 27.2 Å². The van der Waals surface area contributed by atoms with E-state index in [-0.39, 0.29) is 11.2 Å². The molecule has 4 aromatic rings. The van der Waals surface area contributed by atoms with E-state index in [9.17, 15) is 9.59 Å². The number of nitrogens with zero attached hydrogens (tertiary/aromatic N) is 6. The van der Waals surface area contributed by atoms with Crippen LogP contribution in [0.25, 0.3) is 11.2 Å². The lowest BCUT2D eigenvalue weighted by molar-refractivity contribution is 0.241. The number of anilines is 1. The normalized spacial score (nSPS) is 14.5. The highest BCUT2D eigenvalue weighted by Crippen LogP contribution is 2.22. The Balaban J connectivity index is 1.46. The highest BCUT2D eigenvalue weighted by Gasteiger charge is 2.23. The van der Waals surface area contributed by atoms with Gasteiger partial charge in [0, 0.05) is 52.5 Å². The molecule has 194 valence electrons. The van der Waals surface area contributed by atoms with Gasteiger partial charge in [0.25, 0.3) is 5.56 Å². The third kappa shape index (κ3) is 4.67. The van der Waals surface area contributed by atoms with Crippen LogP contribution >= 0.6 is 0 Å². The van der Waals surface area contributed by atoms with Crippen molar-refractivity contribution >= 4 is 16.9 Å². The van der Waals surface area contributed by atoms with Crippen molar-refractivity contribution < 1.29 is 4.74 Å². The quantitative estimate of drug-likeness (QED) is 0.403. The Labute approximate surface area is 216 Å². The van der Waals surface area contributed by atoms with Gasteiger partial charge in [0.15, 0.2) is 11.2 Å². The number of aryl methyl sites for hydroxylation is 3. The van der Waals surface area contributed by atoms with E-state index < -0.39 is 0 Å². The number of methoxy groups -OCH3 is 1. The molecule has 0 spiro atoms. The van der Waals surface area contributed by atoms with Crippen molar-refractivity contribution in [2.75, 3.05) is 38.2 Å². The van der Waals surface area contributed by atoms with Gasteiger partial charge in [-0.1, -0.05) is 23.8 Å². The fourth-order valence-corrected chi connectivity index (χ4v) is 5.08. The number of benzene rings is 2. The minimum Gasteiger partial charge on any atom is -0.497 e. The molecule has 1 aliphatic heterocycles. The Morgan fingerprint density at radius 3 is 2.27 bits per heavy atom. The van der Waals surface area contributed by atoms with Crippen LogP contribution in [0.15, 0.2) is 52.1 Å². The first-order valence-electron chi connectivity index (χ1n) is 12.6. The van der Waals surface area contributed by atoms with E-state index in [2.05, 4.69) is 54.0 Å². The number of rotatable bonds is 6. The summed E-state index contributed by atoms with van der Waals surface area (Å²) in [5, 5.41) is 0. The molecule has 0 saturated carbocycles. The summed E-state index contributed by atoms with van der Waals surface area (Å²) in [6.07, 6.45) is 0. The third-order valence-electron chi connectivity index (χ3n) is 7.44. The van der Waals surface area contributed by atoms with Crippen LogP contribution < -0.4 is 20.9 Å². The maximum Gasteiger partial charge on any atom is 0.332 e. The number of aromatic nitrogens is 4. The summed E-state index contributed by atoms with van der Waals surface area (Å²) in [5.41, 5.74) is 4.87. The maximum atomic E-state index is 13.3. The van der Waals surface area contributed by atoms with Crippen molar-refractivity contribution in [3.05, 3.63) is 85.8 Å². The van der Waals surface area contributed by atoms with Gasteiger partial charge in [-0.3, -0.25) is 18.8 Å². The molecule has 1 fully saturated rings. The van der Waals surface area contributed by atoms with Gasteiger partial charge >= 0.3 is 5.69 Å². The molecule has 3 heterocycles. The maximum absolute atomic E-state index is 13.3. The Morgan fingerprint density at radius 2 is 1.59 bits per heavy atom. The number of ether oxygens (including phenoxy) is 1. The van der Waals surface area contributed by atoms with Gasteiger partial charge < -0.3 is 14.2 Å². The number of hydrogen-bond donors (Lipinski definition) is 0. The number of fused-ring (bicyclic) bond motifs is 1. The first-order chi connectivity index (χ1) is 17.8. The summed E-state index contributed by atoms with van der Waals surface area (Å²) < 4.78 is 9.93. The zero-order valence-electron chi connectivity index (χ0n) is 22.2. The molecule has 2 aromatic heterocycles. The molecular weight excluding hydrogens is 468 g/mol. The summed E-state index contributed by atoms with van der Waals surface area (Å²) in [6, 6.07) is 14.5. The van der Waals surface area contributed by atoms with Gasteiger partial charge in [0.1, 0.15) is 11.6 Å². The summed E-state index contributed by atoms with van der Waals surface area (Å²) >= 11 is 0. The third-order valence-corrected chi connectivity index (χ3v) is 7.44. The van der Waals surface area contributed by atoms with E-state index in [1.165, 1.54) is 27.4 Å². The van der Waals surface area contributed by atoms with Crippen LogP contribution in [0.1, 0.15) is 22.5 Å². The lowest BCUT2D eigenvalue weighted by atomic mass is 10.1. The predicted octanol–water partition coefficient (Wildman–Crippen LogP) is 2.43. The molecule has 0 aliphatic carbocycles. The van der Waals surface area contributed by atoms with Crippen LogP contribution in [0.3, 0.4) is 0 Å². The van der Waals surface area contributed by atoms with E-state index in [0.717, 1.165) is 48.9 Å². The van der Waals surface area contributed by atoms with Crippen molar-refractivity contribution in [1.82, 2.24) is 23.6 Å². The molecule has 0 atom stereocenters. The molecular formula is C28H34N6O3. The van der Waals surface area contributed by atoms with Gasteiger partial charge in [-0.25, -0.2) is 9.78 Å². The molecule has 1 aliphatic rings. The molecule has 37 heavy (non-hydrogen) atoms. The summed E-state index contributed by atoms with van der Waals surface area (Å²) in [6.45, 7) is 8.81. The van der Waals surface area contributed by atoms with Crippen LogP contribution in [0.5, 0.6) is 5.75 Å². The topological polar surface area (TPSA) is 77.5 Å². The highest BCUT2D eigenvalue weighted by molar-refractivity contribution is 5.71. The number of hydrogen-bond acceptors (Lipinski definition) is 6. The molecule has 9 nitrogen and oxygen atoms in total. The van der Waals surface area contributed by atoms with Crippen LogP contribution in [0.4, 0.5) is 5.69 Å². The predicted molar refractivity (Wildman–Crippen MR) is 146 cm³/mol. The molecule has 5 rings (SSSR count). The first-order valence-corrected chi connectivity index (χ1v) is 12.6. The number of imidazole rings is 1. The average molecular weight is 503 g/mol. The van der Waals surface area contributed by atoms with E-state index in [1.54, 1.807) is 14.2 Å². The second-order valence-electron chi connectivity index (χ2n) is 9.88. The lowest BCUT2D eigenvalue weighted by Crippen LogP contribution is -2.46. The van der Waals surface area contributed by atoms with Crippen molar-refractivity contribution in [3.63, 3.8) is 0 Å². The van der Waals surface area contributed by atoms with Crippen molar-refractivity contribution in [1.29, 1.82) is 0 Å². The molecule has 0 bridgehead atoms. The van der Waals surface area contributed by atoms with E-state index in [0.29, 0.717) is 24.3 Å². The van der Waals surface area contributed by atoms with Crippen LogP contribution in [0, 0.1) is 13.8 Å². The Kier molecular flexibility index (Phi) is 6.64. The van der Waals surface area contributed by atoms with E-state index >= 15 is 0 Å². The Hall–Kier alpha value is -3.85. The highest BCUT2D eigenvalue weighted by atomic mass is 16.5. The van der Waals surface area contributed by atoms with Crippen molar-refractivity contribution in [2.45, 2.75) is 26.9 Å². The van der Waals surface area contributed by atoms with Crippen molar-refractivity contribution in [3.8, 4) is 5.75 Å². The molecule has 2 aromatic carbocycles. The first kappa shape index (κ1) is 24.8. The smallest absolute Gasteiger partial charge is 0.332 e. The van der Waals surface area contributed by atoms with E-state index in [1.807, 2.05) is 16.7 Å². The minimum absolute atomic E-state index is 0.313. The van der Waals surface area contributed by atoms with Gasteiger partial charge in [0.2, 0.25) is 0 Å². The van der Waals surface area contributed by atoms with Gasteiger partial charge in [-0.2, -0.15) is 0 Å². The lowest BCUT2D eigenvalue weighted by Gasteiger charge is -2.36. The molecule has 0 N–H and O–H groups in total. The Bertz CT molecular complexity index is 1560. The Morgan fingerprint density at radius 1 is 0.892 bits per heavy atom. The SMILES string of the molecule is COc1ccc(N2CCN(Cc3nc4c(c(=O)n(C)c(=O)n4C)n3Cc3cc(C)ccc3C)CC2)cc1. The van der Waals surface area contributed by atoms with Crippen LogP contribution in [-0.4, -0.2) is 56.9 Å². The second kappa shape index (κ2) is 9.89. The van der Waals surface area contributed by atoms with Gasteiger partial charge in [-0.05, 0) is 49.2 Å². The molecule has 0 amide bonds. The van der Waals surface area contributed by atoms with Gasteiger partial charge in [-0.15, -0.1) is 0 Å². The van der Waals surface area contributed by atoms with Gasteiger partial charge in [0.05, 0.1) is 13.7 Å². The average Bonchev–Trinajstić information content (AvgIpc) is 3.26. The standard InChI is InChI=1S/C28H34N6O3/c1-19-6-7-20(2)21(16-19)17-34-24(29-26-25(34)27(35)31(4)28(36)30(26)3)18-32-12-14-33(15-13-32)22-8-10-23(37-5)11-9-22/h6-11,16H,12-15,17-18H2,1-5H3. The monoisotopic (exact) mass is 502 g/mol. The second-order valence-corrected chi connectivity index (χ2v) is 9.88. The largest absolute Gasteiger partial charge is 0.497 e. The summed E-state index contributed by atoms with van der Waals surface area (Å²) in [5.74, 6) is 1.65. The summed E-state index contributed by atoms with van der Waals surface area (Å²) in [7, 11) is 4.88. The molecule has 0 unspecified atom stereocenters. The summed E-state index contributed by atoms with van der Waals surface area (Å²) in [4.78, 5) is 35.5. The van der Waals surface area contributed by atoms with E-state index in [4.69, 9.17) is 9.72 Å². The molecule has 9 heteroatoms. The fraction of sp³-hybridized carbons (Fsp3) is 0.393. The van der Waals surface area contributed by atoms with Crippen LogP contribution in [0.2, 0.25) is 0 Å². The zero-order chi connectivity index (χ0) is 26.3. The number of piperazine rings is 1. The molecule has 0 radical (unpaired) electrons.